The van der Waals surface area contributed by atoms with Crippen LogP contribution < -0.4 is 0 Å². The standard InChI is InChI=1S/C33H42O13/c1-30(2,3)43-39-26(35)20-14-15-21(23(18-20)28(37)41-45-32(7,8)9)25(34)19-13-16-22(27(36)40-44-31(4,5)6)24(17-19)29(38)42-46-33(10,11)12/h13-18H,1-12H3. The molecule has 2 rings (SSSR count). The first-order valence-electron chi connectivity index (χ1n) is 14.3. The van der Waals surface area contributed by atoms with E-state index in [-0.39, 0.29) is 27.8 Å². The molecule has 0 aliphatic carbocycles. The maximum absolute atomic E-state index is 13.8. The van der Waals surface area contributed by atoms with Crippen molar-refractivity contribution in [2.75, 3.05) is 0 Å². The van der Waals surface area contributed by atoms with E-state index in [1.54, 1.807) is 83.1 Å². The van der Waals surface area contributed by atoms with Crippen LogP contribution in [0.15, 0.2) is 36.4 Å². The minimum absolute atomic E-state index is 0.135. The van der Waals surface area contributed by atoms with Crippen LogP contribution >= 0.6 is 0 Å². The maximum Gasteiger partial charge on any atom is 0.374 e. The van der Waals surface area contributed by atoms with Crippen molar-refractivity contribution in [3.05, 3.63) is 69.8 Å². The Morgan fingerprint density at radius 1 is 0.391 bits per heavy atom. The first kappa shape index (κ1) is 38.0. The average Bonchev–Trinajstić information content (AvgIpc) is 2.93. The quantitative estimate of drug-likeness (QED) is 0.157. The van der Waals surface area contributed by atoms with Crippen LogP contribution in [-0.2, 0) is 39.1 Å². The van der Waals surface area contributed by atoms with E-state index in [2.05, 4.69) is 0 Å². The van der Waals surface area contributed by atoms with Gasteiger partial charge in [-0.1, -0.05) is 6.07 Å². The summed E-state index contributed by atoms with van der Waals surface area (Å²) in [6, 6.07) is 6.99. The van der Waals surface area contributed by atoms with Crippen molar-refractivity contribution in [3.63, 3.8) is 0 Å². The second-order valence-corrected chi connectivity index (χ2v) is 14.1. The van der Waals surface area contributed by atoms with Gasteiger partial charge in [0.2, 0.25) is 0 Å². The molecular weight excluding hydrogens is 604 g/mol. The summed E-state index contributed by atoms with van der Waals surface area (Å²) < 4.78 is 0. The topological polar surface area (TPSA) is 159 Å². The normalized spacial score (nSPS) is 12.3. The Hall–Kier alpha value is -4.17. The van der Waals surface area contributed by atoms with Crippen LogP contribution in [0.25, 0.3) is 0 Å². The average molecular weight is 647 g/mol. The van der Waals surface area contributed by atoms with Crippen molar-refractivity contribution in [2.24, 2.45) is 0 Å². The summed E-state index contributed by atoms with van der Waals surface area (Å²) in [5, 5.41) is 0. The van der Waals surface area contributed by atoms with Gasteiger partial charge in [0.1, 0.15) is 22.4 Å². The minimum atomic E-state index is -1.11. The largest absolute Gasteiger partial charge is 0.374 e. The zero-order valence-electron chi connectivity index (χ0n) is 28.3. The Balaban J connectivity index is 2.61. The lowest BCUT2D eigenvalue weighted by Gasteiger charge is -2.19. The van der Waals surface area contributed by atoms with E-state index >= 15 is 0 Å². The van der Waals surface area contributed by atoms with Crippen molar-refractivity contribution >= 4 is 29.7 Å². The van der Waals surface area contributed by atoms with Gasteiger partial charge < -0.3 is 0 Å². The summed E-state index contributed by atoms with van der Waals surface area (Å²) in [4.78, 5) is 106. The molecule has 0 N–H and O–H groups in total. The molecule has 0 aromatic heterocycles. The van der Waals surface area contributed by atoms with E-state index in [0.29, 0.717) is 0 Å². The van der Waals surface area contributed by atoms with Gasteiger partial charge in [-0.05, 0) is 113 Å². The molecule has 0 aliphatic heterocycles. The predicted octanol–water partition coefficient (Wildman–Crippen LogP) is 6.47. The Morgan fingerprint density at radius 3 is 1.11 bits per heavy atom. The SMILES string of the molecule is CC(C)(C)OOC(=O)c1ccc(C(=O)c2ccc(C(=O)OOC(C)(C)C)c(C(=O)OOC(C)(C)C)c2)c(C(=O)OOC(C)(C)C)c1. The lowest BCUT2D eigenvalue weighted by molar-refractivity contribution is -0.302. The lowest BCUT2D eigenvalue weighted by Crippen LogP contribution is -2.25. The smallest absolute Gasteiger partial charge is 0.292 e. The van der Waals surface area contributed by atoms with Crippen LogP contribution in [0.4, 0.5) is 0 Å². The molecule has 13 nitrogen and oxygen atoms in total. The number of ketones is 1. The highest BCUT2D eigenvalue weighted by Crippen LogP contribution is 2.24. The molecular formula is C33H42O13. The van der Waals surface area contributed by atoms with E-state index < -0.39 is 57.6 Å². The third-order valence-corrected chi connectivity index (χ3v) is 4.91. The molecule has 252 valence electrons. The molecule has 0 saturated carbocycles. The van der Waals surface area contributed by atoms with Gasteiger partial charge in [-0.25, -0.2) is 19.2 Å². The highest BCUT2D eigenvalue weighted by molar-refractivity contribution is 6.16. The third-order valence-electron chi connectivity index (χ3n) is 4.91. The number of hydrogen-bond donors (Lipinski definition) is 0. The summed E-state index contributed by atoms with van der Waals surface area (Å²) in [5.74, 6) is -4.97. The van der Waals surface area contributed by atoms with Crippen molar-refractivity contribution in [1.29, 1.82) is 0 Å². The van der Waals surface area contributed by atoms with Gasteiger partial charge in [0.05, 0.1) is 22.3 Å². The Morgan fingerprint density at radius 2 is 0.696 bits per heavy atom. The monoisotopic (exact) mass is 646 g/mol. The second-order valence-electron chi connectivity index (χ2n) is 14.1. The summed E-state index contributed by atoms with van der Waals surface area (Å²) in [6.45, 7) is 19.7. The first-order chi connectivity index (χ1) is 20.9. The number of rotatable bonds is 10. The summed E-state index contributed by atoms with van der Waals surface area (Å²) in [7, 11) is 0. The van der Waals surface area contributed by atoms with Gasteiger partial charge >= 0.3 is 23.9 Å². The molecule has 2 aromatic rings. The number of benzene rings is 2. The number of carbonyl (C=O) groups is 5. The lowest BCUT2D eigenvalue weighted by atomic mass is 9.94. The summed E-state index contributed by atoms with van der Waals surface area (Å²) >= 11 is 0. The van der Waals surface area contributed by atoms with Crippen LogP contribution in [0.5, 0.6) is 0 Å². The van der Waals surface area contributed by atoms with Crippen molar-refractivity contribution in [3.8, 4) is 0 Å². The fourth-order valence-corrected chi connectivity index (χ4v) is 3.06. The molecule has 0 spiro atoms. The Bertz CT molecular complexity index is 1460. The van der Waals surface area contributed by atoms with Crippen LogP contribution in [0.2, 0.25) is 0 Å². The molecule has 0 heterocycles. The van der Waals surface area contributed by atoms with Gasteiger partial charge in [-0.15, -0.1) is 0 Å². The van der Waals surface area contributed by atoms with Crippen molar-refractivity contribution in [1.82, 2.24) is 0 Å². The van der Waals surface area contributed by atoms with Crippen LogP contribution in [0, 0.1) is 0 Å². The van der Waals surface area contributed by atoms with Crippen LogP contribution in [0.3, 0.4) is 0 Å². The van der Waals surface area contributed by atoms with Gasteiger partial charge in [0, 0.05) is 11.1 Å². The Labute approximate surface area is 268 Å². The zero-order chi connectivity index (χ0) is 35.3. The van der Waals surface area contributed by atoms with E-state index in [1.807, 2.05) is 0 Å². The second kappa shape index (κ2) is 14.5. The van der Waals surface area contributed by atoms with Crippen LogP contribution in [0.1, 0.15) is 140 Å². The molecule has 0 radical (unpaired) electrons. The van der Waals surface area contributed by atoms with E-state index in [1.165, 1.54) is 18.2 Å². The molecule has 0 fully saturated rings. The van der Waals surface area contributed by atoms with E-state index in [0.717, 1.165) is 18.2 Å². The molecule has 0 atom stereocenters. The molecule has 0 saturated heterocycles. The highest BCUT2D eigenvalue weighted by Gasteiger charge is 2.29. The molecule has 0 bridgehead atoms. The van der Waals surface area contributed by atoms with Gasteiger partial charge in [-0.3, -0.25) is 24.3 Å². The van der Waals surface area contributed by atoms with E-state index in [9.17, 15) is 24.0 Å². The first-order valence-corrected chi connectivity index (χ1v) is 14.3. The minimum Gasteiger partial charge on any atom is -0.292 e. The predicted molar refractivity (Wildman–Crippen MR) is 161 cm³/mol. The Kier molecular flexibility index (Phi) is 12.0. The molecule has 0 unspecified atom stereocenters. The van der Waals surface area contributed by atoms with Crippen molar-refractivity contribution in [2.45, 2.75) is 105 Å². The van der Waals surface area contributed by atoms with E-state index in [4.69, 9.17) is 39.1 Å². The molecule has 2 aromatic carbocycles. The third kappa shape index (κ3) is 12.3. The fraction of sp³-hybridized carbons (Fsp3) is 0.485. The molecule has 0 aliphatic rings. The van der Waals surface area contributed by atoms with Gasteiger partial charge in [0.15, 0.2) is 5.78 Å². The fourth-order valence-electron chi connectivity index (χ4n) is 3.06. The highest BCUT2D eigenvalue weighted by atomic mass is 17.2. The summed E-state index contributed by atoms with van der Waals surface area (Å²) in [6.07, 6.45) is 0. The van der Waals surface area contributed by atoms with Crippen LogP contribution in [-0.4, -0.2) is 52.1 Å². The maximum atomic E-state index is 13.8. The molecule has 46 heavy (non-hydrogen) atoms. The number of carbonyl (C=O) groups excluding carboxylic acids is 5. The zero-order valence-corrected chi connectivity index (χ0v) is 28.3. The van der Waals surface area contributed by atoms with Crippen molar-refractivity contribution < 1.29 is 63.1 Å². The molecule has 13 heteroatoms. The molecule has 0 amide bonds. The summed E-state index contributed by atoms with van der Waals surface area (Å²) in [5.41, 5.74) is -5.03. The van der Waals surface area contributed by atoms with Gasteiger partial charge in [-0.2, -0.15) is 19.6 Å². The number of hydrogen-bond acceptors (Lipinski definition) is 13. The van der Waals surface area contributed by atoms with Gasteiger partial charge in [0.25, 0.3) is 0 Å².